The molecular weight excluding hydrogens is 617 g/mol. The molecule has 0 atom stereocenters. The van der Waals surface area contributed by atoms with Gasteiger partial charge in [-0.25, -0.2) is 22.0 Å². The lowest BCUT2D eigenvalue weighted by Crippen LogP contribution is -2.25. The van der Waals surface area contributed by atoms with E-state index in [4.69, 9.17) is 11.6 Å². The van der Waals surface area contributed by atoms with E-state index in [-0.39, 0.29) is 33.2 Å². The molecule has 0 aliphatic heterocycles. The number of halogens is 8. The number of hydrogen-bond acceptors (Lipinski definition) is 1. The molecule has 0 radical (unpaired) electrons. The topological polar surface area (TPSA) is 9.23 Å². The van der Waals surface area contributed by atoms with Gasteiger partial charge in [-0.3, -0.25) is 0 Å². The van der Waals surface area contributed by atoms with Crippen LogP contribution in [0.5, 0.6) is 5.75 Å². The molecule has 0 saturated heterocycles. The van der Waals surface area contributed by atoms with Crippen molar-refractivity contribution in [1.82, 2.24) is 0 Å². The minimum atomic E-state index is -4.53. The van der Waals surface area contributed by atoms with E-state index in [1.165, 1.54) is 43.9 Å². The van der Waals surface area contributed by atoms with Gasteiger partial charge in [-0.05, 0) is 90.6 Å². The molecule has 5 rings (SSSR count). The fourth-order valence-electron chi connectivity index (χ4n) is 6.15. The highest BCUT2D eigenvalue weighted by Crippen LogP contribution is 2.41. The van der Waals surface area contributed by atoms with Crippen molar-refractivity contribution in [2.75, 3.05) is 0 Å². The summed E-state index contributed by atoms with van der Waals surface area (Å²) in [5.74, 6) is -5.62. The lowest BCUT2D eigenvalue weighted by atomic mass is 9.77. The Kier molecular flexibility index (Phi) is 10.1. The van der Waals surface area contributed by atoms with Crippen LogP contribution in [0.15, 0.2) is 66.7 Å². The average Bonchev–Trinajstić information content (AvgIpc) is 2.98. The van der Waals surface area contributed by atoms with Crippen LogP contribution < -0.4 is 4.74 Å². The van der Waals surface area contributed by atoms with E-state index >= 15 is 8.78 Å². The normalized spacial score (nSPS) is 17.0. The highest BCUT2D eigenvalue weighted by molar-refractivity contribution is 6.30. The molecule has 1 nitrogen and oxygen atoms in total. The first-order chi connectivity index (χ1) is 21.5. The van der Waals surface area contributed by atoms with Crippen LogP contribution >= 0.6 is 11.6 Å². The van der Waals surface area contributed by atoms with Crippen LogP contribution in [0.3, 0.4) is 0 Å². The van der Waals surface area contributed by atoms with Crippen LogP contribution in [0.2, 0.25) is 5.02 Å². The Bertz CT molecular complexity index is 1640. The average molecular weight is 649 g/mol. The number of unbranched alkanes of at least 4 members (excludes halogenated alkanes) is 2. The van der Waals surface area contributed by atoms with E-state index in [0.717, 1.165) is 55.4 Å². The van der Waals surface area contributed by atoms with Gasteiger partial charge in [0.05, 0.1) is 5.02 Å². The van der Waals surface area contributed by atoms with Gasteiger partial charge < -0.3 is 4.74 Å². The fourth-order valence-corrected chi connectivity index (χ4v) is 6.27. The second-order valence-electron chi connectivity index (χ2n) is 11.7. The maximum atomic E-state index is 15.3. The van der Waals surface area contributed by atoms with Crippen LogP contribution in [0.1, 0.15) is 75.3 Å². The molecule has 4 aromatic rings. The maximum Gasteiger partial charge on any atom is 0.432 e. The molecule has 9 heteroatoms. The monoisotopic (exact) mass is 648 g/mol. The second kappa shape index (κ2) is 13.9. The highest BCUT2D eigenvalue weighted by atomic mass is 35.5. The van der Waals surface area contributed by atoms with Gasteiger partial charge >= 0.3 is 6.11 Å². The summed E-state index contributed by atoms with van der Waals surface area (Å²) in [5, 5.41) is -0.356. The molecule has 1 fully saturated rings. The van der Waals surface area contributed by atoms with Crippen LogP contribution in [-0.2, 0) is 6.11 Å². The van der Waals surface area contributed by atoms with Crippen molar-refractivity contribution in [3.8, 4) is 28.0 Å². The molecule has 0 amide bonds. The van der Waals surface area contributed by atoms with E-state index in [9.17, 15) is 22.0 Å². The number of alkyl halides is 2. The van der Waals surface area contributed by atoms with E-state index in [1.54, 1.807) is 6.07 Å². The standard InChI is InChI=1S/C36H32ClF7O/c1-2-3-4-5-21-6-8-22(9-7-21)23-10-13-27(30(38)16-23)24-11-14-28(31(39)17-24)25-18-33(41)35(34(42)19-25)36(43,44)45-26-12-15-29(37)32(40)20-26/h10-22H,2-9H2,1H3. The van der Waals surface area contributed by atoms with Gasteiger partial charge in [0, 0.05) is 17.2 Å². The Morgan fingerprint density at radius 2 is 1.31 bits per heavy atom. The molecule has 1 aliphatic carbocycles. The van der Waals surface area contributed by atoms with Gasteiger partial charge in [-0.2, -0.15) is 8.78 Å². The summed E-state index contributed by atoms with van der Waals surface area (Å²) < 4.78 is 108. The molecule has 0 bridgehead atoms. The Morgan fingerprint density at radius 1 is 0.689 bits per heavy atom. The molecule has 238 valence electrons. The van der Waals surface area contributed by atoms with Crippen LogP contribution in [-0.4, -0.2) is 0 Å². The fraction of sp³-hybridized carbons (Fsp3) is 0.333. The third kappa shape index (κ3) is 7.49. The van der Waals surface area contributed by atoms with Crippen LogP contribution in [0, 0.1) is 35.0 Å². The minimum absolute atomic E-state index is 0.167. The first-order valence-corrected chi connectivity index (χ1v) is 15.5. The zero-order valence-corrected chi connectivity index (χ0v) is 25.4. The van der Waals surface area contributed by atoms with Crippen molar-refractivity contribution in [3.63, 3.8) is 0 Å². The van der Waals surface area contributed by atoms with E-state index in [0.29, 0.717) is 18.2 Å². The Balaban J connectivity index is 1.32. The van der Waals surface area contributed by atoms with Crippen molar-refractivity contribution in [2.24, 2.45) is 5.92 Å². The summed E-state index contributed by atoms with van der Waals surface area (Å²) in [6.07, 6.45) is 4.66. The SMILES string of the molecule is CCCCCC1CCC(c2ccc(-c3ccc(-c4cc(F)c(C(F)(F)Oc5ccc(Cl)c(F)c5)c(F)c4)c(F)c3)c(F)c2)CC1. The lowest BCUT2D eigenvalue weighted by Gasteiger charge is -2.29. The van der Waals surface area contributed by atoms with Crippen molar-refractivity contribution in [3.05, 3.63) is 112 Å². The van der Waals surface area contributed by atoms with Crippen molar-refractivity contribution in [1.29, 1.82) is 0 Å². The van der Waals surface area contributed by atoms with Gasteiger partial charge in [-0.15, -0.1) is 0 Å². The zero-order valence-electron chi connectivity index (χ0n) is 24.6. The maximum absolute atomic E-state index is 15.3. The van der Waals surface area contributed by atoms with Gasteiger partial charge in [0.1, 0.15) is 40.4 Å². The summed E-state index contributed by atoms with van der Waals surface area (Å²) in [4.78, 5) is 0. The quantitative estimate of drug-likeness (QED) is 0.123. The first kappa shape index (κ1) is 32.9. The van der Waals surface area contributed by atoms with E-state index in [2.05, 4.69) is 11.7 Å². The number of rotatable bonds is 10. The molecule has 1 saturated carbocycles. The molecule has 45 heavy (non-hydrogen) atoms. The van der Waals surface area contributed by atoms with E-state index in [1.807, 2.05) is 6.07 Å². The molecule has 1 aliphatic rings. The predicted molar refractivity (Wildman–Crippen MR) is 162 cm³/mol. The minimum Gasteiger partial charge on any atom is -0.429 e. The predicted octanol–water partition coefficient (Wildman–Crippen LogP) is 12.4. The molecule has 0 heterocycles. The van der Waals surface area contributed by atoms with Gasteiger partial charge in [-0.1, -0.05) is 68.5 Å². The molecular formula is C36H32ClF7O. The summed E-state index contributed by atoms with van der Waals surface area (Å²) >= 11 is 5.53. The summed E-state index contributed by atoms with van der Waals surface area (Å²) in [6, 6.07) is 12.1. The van der Waals surface area contributed by atoms with E-state index < -0.39 is 46.5 Å². The number of hydrogen-bond donors (Lipinski definition) is 0. The largest absolute Gasteiger partial charge is 0.432 e. The van der Waals surface area contributed by atoms with Gasteiger partial charge in [0.2, 0.25) is 0 Å². The Hall–Kier alpha value is -3.52. The van der Waals surface area contributed by atoms with Crippen molar-refractivity contribution in [2.45, 2.75) is 70.3 Å². The smallest absolute Gasteiger partial charge is 0.429 e. The van der Waals surface area contributed by atoms with Gasteiger partial charge in [0.15, 0.2) is 0 Å². The zero-order chi connectivity index (χ0) is 32.3. The van der Waals surface area contributed by atoms with Gasteiger partial charge in [0.25, 0.3) is 0 Å². The second-order valence-corrected chi connectivity index (χ2v) is 12.1. The third-order valence-corrected chi connectivity index (χ3v) is 8.90. The summed E-state index contributed by atoms with van der Waals surface area (Å²) in [5.41, 5.74) is -1.07. The number of benzene rings is 4. The Morgan fingerprint density at radius 3 is 1.93 bits per heavy atom. The molecule has 4 aromatic carbocycles. The van der Waals surface area contributed by atoms with Crippen LogP contribution in [0.4, 0.5) is 30.7 Å². The summed E-state index contributed by atoms with van der Waals surface area (Å²) in [6.45, 7) is 2.19. The van der Waals surface area contributed by atoms with Crippen LogP contribution in [0.25, 0.3) is 22.3 Å². The molecule has 0 aromatic heterocycles. The molecule has 0 spiro atoms. The van der Waals surface area contributed by atoms with Crippen molar-refractivity contribution < 1.29 is 35.5 Å². The Labute approximate surface area is 263 Å². The lowest BCUT2D eigenvalue weighted by molar-refractivity contribution is -0.189. The highest BCUT2D eigenvalue weighted by Gasteiger charge is 2.41. The summed E-state index contributed by atoms with van der Waals surface area (Å²) in [7, 11) is 0. The third-order valence-electron chi connectivity index (χ3n) is 8.59. The van der Waals surface area contributed by atoms with Crippen molar-refractivity contribution >= 4 is 11.6 Å². The number of ether oxygens (including phenoxy) is 1. The molecule has 0 unspecified atom stereocenters. The molecule has 0 N–H and O–H groups in total. The first-order valence-electron chi connectivity index (χ1n) is 15.1.